The van der Waals surface area contributed by atoms with Crippen LogP contribution in [-0.4, -0.2) is 17.0 Å². The van der Waals surface area contributed by atoms with Gasteiger partial charge in [-0.2, -0.15) is 0 Å². The molecule has 1 atom stereocenters. The summed E-state index contributed by atoms with van der Waals surface area (Å²) in [6.45, 7) is 0. The quantitative estimate of drug-likeness (QED) is 0.877. The number of carboxylic acid groups (broad SMARTS) is 1. The summed E-state index contributed by atoms with van der Waals surface area (Å²) < 4.78 is 0. The van der Waals surface area contributed by atoms with Crippen LogP contribution in [0.3, 0.4) is 0 Å². The second-order valence-corrected chi connectivity index (χ2v) is 5.70. The predicted molar refractivity (Wildman–Crippen MR) is 71.0 cm³/mol. The molecule has 0 heterocycles. The minimum absolute atomic E-state index is 0.0879. The Morgan fingerprint density at radius 2 is 1.79 bits per heavy atom. The molecule has 2 N–H and O–H groups in total. The summed E-state index contributed by atoms with van der Waals surface area (Å²) >= 11 is 0. The van der Waals surface area contributed by atoms with Gasteiger partial charge in [0.15, 0.2) is 0 Å². The van der Waals surface area contributed by atoms with Crippen LogP contribution in [0.1, 0.15) is 42.5 Å². The van der Waals surface area contributed by atoms with Crippen LogP contribution in [0.25, 0.3) is 0 Å². The van der Waals surface area contributed by atoms with E-state index in [0.717, 1.165) is 6.42 Å². The SMILES string of the molecule is O=C(O)c1ccc(NC(=O)C2CC23CCCC3)cc1. The maximum Gasteiger partial charge on any atom is 0.335 e. The van der Waals surface area contributed by atoms with Crippen molar-refractivity contribution in [2.75, 3.05) is 5.32 Å². The predicted octanol–water partition coefficient (Wildman–Crippen LogP) is 2.90. The maximum absolute atomic E-state index is 12.1. The smallest absolute Gasteiger partial charge is 0.335 e. The van der Waals surface area contributed by atoms with Gasteiger partial charge >= 0.3 is 5.97 Å². The van der Waals surface area contributed by atoms with Gasteiger partial charge in [-0.15, -0.1) is 0 Å². The fraction of sp³-hybridized carbons (Fsp3) is 0.467. The summed E-state index contributed by atoms with van der Waals surface area (Å²) in [7, 11) is 0. The number of rotatable bonds is 3. The fourth-order valence-corrected chi connectivity index (χ4v) is 3.28. The highest BCUT2D eigenvalue weighted by Crippen LogP contribution is 2.63. The Balaban J connectivity index is 1.62. The Kier molecular flexibility index (Phi) is 2.81. The molecular formula is C15H17NO3. The summed E-state index contributed by atoms with van der Waals surface area (Å²) in [6.07, 6.45) is 5.88. The van der Waals surface area contributed by atoms with Gasteiger partial charge in [-0.25, -0.2) is 4.79 Å². The molecule has 1 aromatic rings. The van der Waals surface area contributed by atoms with Crippen molar-refractivity contribution in [1.82, 2.24) is 0 Å². The molecule has 0 bridgehead atoms. The van der Waals surface area contributed by atoms with E-state index in [-0.39, 0.29) is 17.4 Å². The molecule has 4 heteroatoms. The van der Waals surface area contributed by atoms with Crippen LogP contribution in [0.15, 0.2) is 24.3 Å². The first-order chi connectivity index (χ1) is 9.11. The van der Waals surface area contributed by atoms with Gasteiger partial charge in [-0.1, -0.05) is 12.8 Å². The molecule has 1 spiro atoms. The molecule has 19 heavy (non-hydrogen) atoms. The first kappa shape index (κ1) is 12.2. The Morgan fingerprint density at radius 3 is 2.37 bits per heavy atom. The third-order valence-corrected chi connectivity index (χ3v) is 4.50. The Labute approximate surface area is 111 Å². The molecule has 0 radical (unpaired) electrons. The van der Waals surface area contributed by atoms with E-state index >= 15 is 0 Å². The molecule has 0 aliphatic heterocycles. The molecule has 0 aromatic heterocycles. The largest absolute Gasteiger partial charge is 0.478 e. The molecule has 2 saturated carbocycles. The van der Waals surface area contributed by atoms with E-state index in [1.165, 1.54) is 37.8 Å². The minimum Gasteiger partial charge on any atom is -0.478 e. The Hall–Kier alpha value is -1.84. The number of anilines is 1. The van der Waals surface area contributed by atoms with E-state index in [9.17, 15) is 9.59 Å². The second kappa shape index (κ2) is 4.37. The van der Waals surface area contributed by atoms with E-state index in [4.69, 9.17) is 5.11 Å². The highest BCUT2D eigenvalue weighted by atomic mass is 16.4. The zero-order chi connectivity index (χ0) is 13.5. The maximum atomic E-state index is 12.1. The lowest BCUT2D eigenvalue weighted by Crippen LogP contribution is -2.17. The van der Waals surface area contributed by atoms with E-state index in [2.05, 4.69) is 5.32 Å². The van der Waals surface area contributed by atoms with Crippen molar-refractivity contribution in [2.24, 2.45) is 11.3 Å². The molecule has 4 nitrogen and oxygen atoms in total. The first-order valence-corrected chi connectivity index (χ1v) is 6.75. The van der Waals surface area contributed by atoms with Gasteiger partial charge in [0, 0.05) is 11.6 Å². The average molecular weight is 259 g/mol. The number of carbonyl (C=O) groups excluding carboxylic acids is 1. The normalized spacial score (nSPS) is 23.3. The number of carboxylic acids is 1. The van der Waals surface area contributed by atoms with Gasteiger partial charge in [0.1, 0.15) is 0 Å². The summed E-state index contributed by atoms with van der Waals surface area (Å²) in [5.74, 6) is -0.705. The number of benzene rings is 1. The van der Waals surface area contributed by atoms with E-state index in [1.807, 2.05) is 0 Å². The van der Waals surface area contributed by atoms with Crippen LogP contribution in [-0.2, 0) is 4.79 Å². The van der Waals surface area contributed by atoms with Crippen molar-refractivity contribution < 1.29 is 14.7 Å². The van der Waals surface area contributed by atoms with Crippen molar-refractivity contribution in [3.05, 3.63) is 29.8 Å². The molecule has 3 rings (SSSR count). The molecular weight excluding hydrogens is 242 g/mol. The molecule has 2 fully saturated rings. The van der Waals surface area contributed by atoms with Crippen molar-refractivity contribution in [2.45, 2.75) is 32.1 Å². The Bertz CT molecular complexity index is 515. The zero-order valence-electron chi connectivity index (χ0n) is 10.7. The van der Waals surface area contributed by atoms with Crippen LogP contribution < -0.4 is 5.32 Å². The van der Waals surface area contributed by atoms with Gasteiger partial charge in [-0.3, -0.25) is 4.79 Å². The number of amides is 1. The summed E-state index contributed by atoms with van der Waals surface area (Å²) in [5.41, 5.74) is 1.21. The lowest BCUT2D eigenvalue weighted by atomic mass is 10.0. The molecule has 2 aliphatic carbocycles. The summed E-state index contributed by atoms with van der Waals surface area (Å²) in [4.78, 5) is 22.9. The highest BCUT2D eigenvalue weighted by molar-refractivity contribution is 5.95. The highest BCUT2D eigenvalue weighted by Gasteiger charge is 2.58. The number of hydrogen-bond donors (Lipinski definition) is 2. The van der Waals surface area contributed by atoms with E-state index in [0.29, 0.717) is 11.1 Å². The molecule has 1 aromatic carbocycles. The van der Waals surface area contributed by atoms with E-state index < -0.39 is 5.97 Å². The molecule has 100 valence electrons. The number of nitrogens with one attached hydrogen (secondary N) is 1. The number of aromatic carboxylic acids is 1. The minimum atomic E-state index is -0.954. The monoisotopic (exact) mass is 259 g/mol. The van der Waals surface area contributed by atoms with Gasteiger partial charge in [0.2, 0.25) is 5.91 Å². The van der Waals surface area contributed by atoms with Crippen molar-refractivity contribution >= 4 is 17.6 Å². The number of hydrogen-bond acceptors (Lipinski definition) is 2. The summed E-state index contributed by atoms with van der Waals surface area (Å²) in [6, 6.07) is 6.31. The van der Waals surface area contributed by atoms with Crippen molar-refractivity contribution in [1.29, 1.82) is 0 Å². The zero-order valence-corrected chi connectivity index (χ0v) is 10.7. The van der Waals surface area contributed by atoms with Gasteiger partial charge in [0.25, 0.3) is 0 Å². The lowest BCUT2D eigenvalue weighted by Gasteiger charge is -2.09. The van der Waals surface area contributed by atoms with Crippen LogP contribution in [0.4, 0.5) is 5.69 Å². The van der Waals surface area contributed by atoms with Crippen molar-refractivity contribution in [3.8, 4) is 0 Å². The standard InChI is InChI=1S/C15H17NO3/c17-13(12-9-15(12)7-1-2-8-15)16-11-5-3-10(4-6-11)14(18)19/h3-6,12H,1-2,7-9H2,(H,16,17)(H,18,19). The third-order valence-electron chi connectivity index (χ3n) is 4.50. The Morgan fingerprint density at radius 1 is 1.16 bits per heavy atom. The van der Waals surface area contributed by atoms with E-state index in [1.54, 1.807) is 12.1 Å². The van der Waals surface area contributed by atoms with Crippen LogP contribution in [0, 0.1) is 11.3 Å². The lowest BCUT2D eigenvalue weighted by molar-refractivity contribution is -0.118. The molecule has 1 amide bonds. The van der Waals surface area contributed by atoms with Crippen LogP contribution >= 0.6 is 0 Å². The average Bonchev–Trinajstić information content (AvgIpc) is 2.88. The van der Waals surface area contributed by atoms with Gasteiger partial charge in [-0.05, 0) is 48.9 Å². The summed E-state index contributed by atoms with van der Waals surface area (Å²) in [5, 5.41) is 11.7. The third kappa shape index (κ3) is 2.23. The van der Waals surface area contributed by atoms with Crippen LogP contribution in [0.5, 0.6) is 0 Å². The van der Waals surface area contributed by atoms with Crippen molar-refractivity contribution in [3.63, 3.8) is 0 Å². The molecule has 2 aliphatic rings. The van der Waals surface area contributed by atoms with Gasteiger partial charge in [0.05, 0.1) is 5.56 Å². The molecule has 0 saturated heterocycles. The van der Waals surface area contributed by atoms with Gasteiger partial charge < -0.3 is 10.4 Å². The second-order valence-electron chi connectivity index (χ2n) is 5.70. The molecule has 1 unspecified atom stereocenters. The topological polar surface area (TPSA) is 66.4 Å². The van der Waals surface area contributed by atoms with Crippen LogP contribution in [0.2, 0.25) is 0 Å². The first-order valence-electron chi connectivity index (χ1n) is 6.75. The number of carbonyl (C=O) groups is 2. The fourth-order valence-electron chi connectivity index (χ4n) is 3.28.